The van der Waals surface area contributed by atoms with E-state index in [1.165, 1.54) is 18.7 Å². The minimum atomic E-state index is 0.164. The summed E-state index contributed by atoms with van der Waals surface area (Å²) in [7, 11) is 6.46. The van der Waals surface area contributed by atoms with E-state index in [1.54, 1.807) is 0 Å². The maximum absolute atomic E-state index is 3.39. The highest BCUT2D eigenvalue weighted by Crippen LogP contribution is 2.28. The number of likely N-dealkylation sites (tertiary alicyclic amines) is 1. The van der Waals surface area contributed by atoms with Gasteiger partial charge in [0.25, 0.3) is 0 Å². The summed E-state index contributed by atoms with van der Waals surface area (Å²) in [6, 6.07) is 11.6. The molecule has 2 rings (SSSR count). The highest BCUT2D eigenvalue weighted by molar-refractivity contribution is 5.26. The molecular formula is C18H31N3. The number of nitrogens with one attached hydrogen (secondary N) is 1. The number of benzene rings is 1. The minimum absolute atomic E-state index is 0.164. The van der Waals surface area contributed by atoms with E-state index in [2.05, 4.69) is 80.4 Å². The van der Waals surface area contributed by atoms with Crippen LogP contribution in [0.2, 0.25) is 0 Å². The largest absolute Gasteiger partial charge is 0.319 e. The van der Waals surface area contributed by atoms with Gasteiger partial charge in [0.1, 0.15) is 0 Å². The Morgan fingerprint density at radius 1 is 1.24 bits per heavy atom. The van der Waals surface area contributed by atoms with Gasteiger partial charge in [-0.05, 0) is 32.6 Å². The summed E-state index contributed by atoms with van der Waals surface area (Å²) >= 11 is 0. The fraction of sp³-hybridized carbons (Fsp3) is 0.667. The Labute approximate surface area is 130 Å². The molecular weight excluding hydrogens is 258 g/mol. The van der Waals surface area contributed by atoms with Crippen molar-refractivity contribution < 1.29 is 0 Å². The molecule has 1 aliphatic rings. The Balaban J connectivity index is 2.11. The SMILES string of the molecule is CNCC(C)(CN1CC(C)C(N(C)C)C1)c1ccccc1. The summed E-state index contributed by atoms with van der Waals surface area (Å²) in [5, 5.41) is 3.39. The molecule has 1 fully saturated rings. The molecule has 118 valence electrons. The molecule has 21 heavy (non-hydrogen) atoms. The molecule has 0 saturated carbocycles. The summed E-state index contributed by atoms with van der Waals surface area (Å²) < 4.78 is 0. The number of hydrogen-bond acceptors (Lipinski definition) is 3. The summed E-state index contributed by atoms with van der Waals surface area (Å²) in [6.07, 6.45) is 0. The molecule has 1 saturated heterocycles. The van der Waals surface area contributed by atoms with E-state index in [-0.39, 0.29) is 5.41 Å². The molecule has 3 heteroatoms. The van der Waals surface area contributed by atoms with Crippen molar-refractivity contribution in [1.82, 2.24) is 15.1 Å². The van der Waals surface area contributed by atoms with Gasteiger partial charge < -0.3 is 15.1 Å². The first-order valence-electron chi connectivity index (χ1n) is 8.05. The topological polar surface area (TPSA) is 18.5 Å². The Hall–Kier alpha value is -0.900. The van der Waals surface area contributed by atoms with E-state index in [0.717, 1.165) is 19.0 Å². The standard InChI is InChI=1S/C18H31N3/c1-15-11-21(12-17(15)20(4)5)14-18(2,13-19-3)16-9-7-6-8-10-16/h6-10,15,17,19H,11-14H2,1-5H3. The number of hydrogen-bond donors (Lipinski definition) is 1. The zero-order valence-corrected chi connectivity index (χ0v) is 14.3. The van der Waals surface area contributed by atoms with Crippen LogP contribution in [0, 0.1) is 5.92 Å². The van der Waals surface area contributed by atoms with Crippen molar-refractivity contribution in [2.24, 2.45) is 5.92 Å². The van der Waals surface area contributed by atoms with Crippen LogP contribution in [0.1, 0.15) is 19.4 Å². The molecule has 0 aromatic heterocycles. The predicted molar refractivity (Wildman–Crippen MR) is 90.8 cm³/mol. The van der Waals surface area contributed by atoms with Crippen LogP contribution in [-0.4, -0.2) is 63.2 Å². The van der Waals surface area contributed by atoms with E-state index in [9.17, 15) is 0 Å². The lowest BCUT2D eigenvalue weighted by Crippen LogP contribution is -2.45. The monoisotopic (exact) mass is 289 g/mol. The second-order valence-electron chi connectivity index (χ2n) is 7.16. The van der Waals surface area contributed by atoms with Gasteiger partial charge in [-0.15, -0.1) is 0 Å². The van der Waals surface area contributed by atoms with Gasteiger partial charge in [0.2, 0.25) is 0 Å². The van der Waals surface area contributed by atoms with Gasteiger partial charge in [-0.3, -0.25) is 0 Å². The Kier molecular flexibility index (Phi) is 5.42. The zero-order valence-electron chi connectivity index (χ0n) is 14.3. The van der Waals surface area contributed by atoms with Gasteiger partial charge in [0.05, 0.1) is 0 Å². The maximum Gasteiger partial charge on any atom is 0.0254 e. The average Bonchev–Trinajstić information content (AvgIpc) is 2.81. The van der Waals surface area contributed by atoms with Crippen LogP contribution in [0.4, 0.5) is 0 Å². The van der Waals surface area contributed by atoms with Crippen LogP contribution in [0.15, 0.2) is 30.3 Å². The summed E-state index contributed by atoms with van der Waals surface area (Å²) in [6.45, 7) is 9.27. The van der Waals surface area contributed by atoms with Crippen LogP contribution in [-0.2, 0) is 5.41 Å². The van der Waals surface area contributed by atoms with Crippen molar-refractivity contribution in [3.8, 4) is 0 Å². The number of rotatable bonds is 6. The summed E-state index contributed by atoms with van der Waals surface area (Å²) in [5.41, 5.74) is 1.59. The first-order chi connectivity index (χ1) is 9.96. The van der Waals surface area contributed by atoms with Crippen molar-refractivity contribution >= 4 is 0 Å². The van der Waals surface area contributed by atoms with Crippen LogP contribution in [0.5, 0.6) is 0 Å². The molecule has 1 aromatic rings. The van der Waals surface area contributed by atoms with Crippen molar-refractivity contribution in [3.63, 3.8) is 0 Å². The van der Waals surface area contributed by atoms with Gasteiger partial charge in [-0.2, -0.15) is 0 Å². The van der Waals surface area contributed by atoms with E-state index >= 15 is 0 Å². The summed E-state index contributed by atoms with van der Waals surface area (Å²) in [5.74, 6) is 0.745. The second kappa shape index (κ2) is 6.91. The predicted octanol–water partition coefficient (Wildman–Crippen LogP) is 2.05. The maximum atomic E-state index is 3.39. The third kappa shape index (κ3) is 3.85. The molecule has 0 spiro atoms. The molecule has 3 nitrogen and oxygen atoms in total. The smallest absolute Gasteiger partial charge is 0.0254 e. The normalized spacial score (nSPS) is 26.2. The molecule has 1 N–H and O–H groups in total. The second-order valence-corrected chi connectivity index (χ2v) is 7.16. The highest BCUT2D eigenvalue weighted by atomic mass is 15.2. The van der Waals surface area contributed by atoms with Crippen molar-refractivity contribution in [3.05, 3.63) is 35.9 Å². The van der Waals surface area contributed by atoms with Crippen molar-refractivity contribution in [2.45, 2.75) is 25.3 Å². The fourth-order valence-corrected chi connectivity index (χ4v) is 3.82. The molecule has 1 aliphatic heterocycles. The summed E-state index contributed by atoms with van der Waals surface area (Å²) in [4.78, 5) is 5.02. The molecule has 0 bridgehead atoms. The Bertz CT molecular complexity index is 431. The molecule has 3 atom stereocenters. The quantitative estimate of drug-likeness (QED) is 0.865. The third-order valence-electron chi connectivity index (χ3n) is 4.92. The van der Waals surface area contributed by atoms with Crippen LogP contribution in [0.3, 0.4) is 0 Å². The van der Waals surface area contributed by atoms with Crippen molar-refractivity contribution in [1.29, 1.82) is 0 Å². The van der Waals surface area contributed by atoms with Gasteiger partial charge in [-0.25, -0.2) is 0 Å². The molecule has 0 aliphatic carbocycles. The van der Waals surface area contributed by atoms with E-state index in [1.807, 2.05) is 0 Å². The lowest BCUT2D eigenvalue weighted by molar-refractivity contribution is 0.225. The van der Waals surface area contributed by atoms with Crippen molar-refractivity contribution in [2.75, 3.05) is 47.3 Å². The number of nitrogens with zero attached hydrogens (tertiary/aromatic N) is 2. The Morgan fingerprint density at radius 3 is 2.43 bits per heavy atom. The van der Waals surface area contributed by atoms with Crippen LogP contribution in [0.25, 0.3) is 0 Å². The minimum Gasteiger partial charge on any atom is -0.319 e. The van der Waals surface area contributed by atoms with E-state index in [4.69, 9.17) is 0 Å². The molecule has 1 heterocycles. The van der Waals surface area contributed by atoms with Crippen LogP contribution < -0.4 is 5.32 Å². The third-order valence-corrected chi connectivity index (χ3v) is 4.92. The Morgan fingerprint density at radius 2 is 1.90 bits per heavy atom. The van der Waals surface area contributed by atoms with Gasteiger partial charge in [0, 0.05) is 37.6 Å². The number of likely N-dealkylation sites (N-methyl/N-ethyl adjacent to an activating group) is 2. The highest BCUT2D eigenvalue weighted by Gasteiger charge is 2.36. The van der Waals surface area contributed by atoms with Gasteiger partial charge in [0.15, 0.2) is 0 Å². The lowest BCUT2D eigenvalue weighted by Gasteiger charge is -2.34. The van der Waals surface area contributed by atoms with Gasteiger partial charge >= 0.3 is 0 Å². The zero-order chi connectivity index (χ0) is 15.5. The molecule has 1 aromatic carbocycles. The average molecular weight is 289 g/mol. The van der Waals surface area contributed by atoms with E-state index in [0.29, 0.717) is 6.04 Å². The fourth-order valence-electron chi connectivity index (χ4n) is 3.82. The first-order valence-corrected chi connectivity index (χ1v) is 8.05. The lowest BCUT2D eigenvalue weighted by atomic mass is 9.82. The van der Waals surface area contributed by atoms with Crippen LogP contribution >= 0.6 is 0 Å². The first kappa shape index (κ1) is 16.5. The van der Waals surface area contributed by atoms with E-state index < -0.39 is 0 Å². The molecule has 0 radical (unpaired) electrons. The molecule has 0 amide bonds. The van der Waals surface area contributed by atoms with Gasteiger partial charge in [-0.1, -0.05) is 44.2 Å². The molecule has 3 unspecified atom stereocenters.